The maximum absolute atomic E-state index is 10.4. The molecular formula is C20H22O6. The molecular weight excluding hydrogens is 336 g/mol. The summed E-state index contributed by atoms with van der Waals surface area (Å²) in [7, 11) is 0. The van der Waals surface area contributed by atoms with Crippen molar-refractivity contribution in [2.75, 3.05) is 13.2 Å². The maximum Gasteiger partial charge on any atom is 0.184 e. The van der Waals surface area contributed by atoms with Gasteiger partial charge in [0, 0.05) is 11.1 Å². The predicted octanol–water partition coefficient (Wildman–Crippen LogP) is 1.94. The zero-order valence-electron chi connectivity index (χ0n) is 14.2. The standard InChI is InChI=1S/C20H22O6/c21-15-11-23-19(13-7-3-1-4-8-13)25-17(15)18-16(22)12-24-20(26-18)14-9-5-2-6-10-14/h1-10,15-22H,11-12H2/t15-,16?,17-,18?,19?,20?/m1/s1. The van der Waals surface area contributed by atoms with Crippen molar-refractivity contribution in [2.24, 2.45) is 0 Å². The normalized spacial score (nSPS) is 35.2. The van der Waals surface area contributed by atoms with Crippen molar-refractivity contribution >= 4 is 0 Å². The Morgan fingerprint density at radius 3 is 1.38 bits per heavy atom. The second kappa shape index (κ2) is 7.84. The number of aliphatic hydroxyl groups excluding tert-OH is 2. The lowest BCUT2D eigenvalue weighted by atomic mass is 10.0. The van der Waals surface area contributed by atoms with Crippen LogP contribution in [0.2, 0.25) is 0 Å². The Hall–Kier alpha value is -1.80. The van der Waals surface area contributed by atoms with Crippen LogP contribution < -0.4 is 0 Å². The van der Waals surface area contributed by atoms with Gasteiger partial charge in [-0.05, 0) is 0 Å². The summed E-state index contributed by atoms with van der Waals surface area (Å²) in [4.78, 5) is 0. The number of ether oxygens (including phenoxy) is 4. The average Bonchev–Trinajstić information content (AvgIpc) is 2.70. The van der Waals surface area contributed by atoms with E-state index >= 15 is 0 Å². The Kier molecular flexibility index (Phi) is 5.31. The van der Waals surface area contributed by atoms with E-state index in [0.717, 1.165) is 11.1 Å². The fourth-order valence-corrected chi connectivity index (χ4v) is 3.27. The van der Waals surface area contributed by atoms with E-state index < -0.39 is 37.0 Å². The first kappa shape index (κ1) is 17.6. The highest BCUT2D eigenvalue weighted by Gasteiger charge is 2.44. The molecule has 2 heterocycles. The van der Waals surface area contributed by atoms with Crippen LogP contribution >= 0.6 is 0 Å². The number of aliphatic hydroxyl groups is 2. The number of rotatable bonds is 3. The van der Waals surface area contributed by atoms with Gasteiger partial charge in [-0.3, -0.25) is 0 Å². The van der Waals surface area contributed by atoms with Crippen molar-refractivity contribution < 1.29 is 29.2 Å². The molecule has 6 nitrogen and oxygen atoms in total. The third kappa shape index (κ3) is 3.66. The first-order chi connectivity index (χ1) is 12.7. The van der Waals surface area contributed by atoms with Crippen molar-refractivity contribution in [3.63, 3.8) is 0 Å². The van der Waals surface area contributed by atoms with Crippen molar-refractivity contribution in [1.29, 1.82) is 0 Å². The lowest BCUT2D eigenvalue weighted by molar-refractivity contribution is -0.331. The smallest absolute Gasteiger partial charge is 0.184 e. The van der Waals surface area contributed by atoms with Crippen LogP contribution in [-0.4, -0.2) is 47.8 Å². The minimum absolute atomic E-state index is 0.105. The summed E-state index contributed by atoms with van der Waals surface area (Å²) in [5.41, 5.74) is 1.70. The second-order valence-electron chi connectivity index (χ2n) is 6.49. The first-order valence-corrected chi connectivity index (χ1v) is 8.72. The summed E-state index contributed by atoms with van der Waals surface area (Å²) in [6.07, 6.45) is -4.47. The van der Waals surface area contributed by atoms with Gasteiger partial charge in [-0.15, -0.1) is 0 Å². The molecule has 2 aromatic rings. The van der Waals surface area contributed by atoms with E-state index in [4.69, 9.17) is 18.9 Å². The van der Waals surface area contributed by atoms with Gasteiger partial charge in [-0.2, -0.15) is 0 Å². The topological polar surface area (TPSA) is 77.4 Å². The quantitative estimate of drug-likeness (QED) is 0.873. The largest absolute Gasteiger partial charge is 0.388 e. The predicted molar refractivity (Wildman–Crippen MR) is 92.0 cm³/mol. The Labute approximate surface area is 151 Å². The fourth-order valence-electron chi connectivity index (χ4n) is 3.27. The molecule has 2 fully saturated rings. The molecule has 0 bridgehead atoms. The molecule has 2 saturated heterocycles. The highest BCUT2D eigenvalue weighted by molar-refractivity contribution is 5.18. The van der Waals surface area contributed by atoms with Gasteiger partial charge < -0.3 is 29.2 Å². The summed E-state index contributed by atoms with van der Waals surface area (Å²) < 4.78 is 23.1. The fraction of sp³-hybridized carbons (Fsp3) is 0.400. The summed E-state index contributed by atoms with van der Waals surface area (Å²) in [6.45, 7) is 0.210. The minimum atomic E-state index is -0.899. The summed E-state index contributed by atoms with van der Waals surface area (Å²) in [6, 6.07) is 19.0. The minimum Gasteiger partial charge on any atom is -0.388 e. The van der Waals surface area contributed by atoms with Crippen LogP contribution in [0.4, 0.5) is 0 Å². The Morgan fingerprint density at radius 1 is 0.615 bits per heavy atom. The van der Waals surface area contributed by atoms with E-state index in [-0.39, 0.29) is 13.2 Å². The maximum atomic E-state index is 10.4. The van der Waals surface area contributed by atoms with Crippen LogP contribution in [0.15, 0.2) is 60.7 Å². The molecule has 138 valence electrons. The highest BCUT2D eigenvalue weighted by atomic mass is 16.7. The summed E-state index contributed by atoms with van der Waals surface area (Å²) in [5, 5.41) is 20.8. The zero-order chi connectivity index (χ0) is 17.9. The molecule has 26 heavy (non-hydrogen) atoms. The number of hydrogen-bond donors (Lipinski definition) is 2. The van der Waals surface area contributed by atoms with Crippen LogP contribution in [-0.2, 0) is 18.9 Å². The second-order valence-corrected chi connectivity index (χ2v) is 6.49. The third-order valence-electron chi connectivity index (χ3n) is 4.62. The van der Waals surface area contributed by atoms with Crippen molar-refractivity contribution in [3.8, 4) is 0 Å². The van der Waals surface area contributed by atoms with Crippen LogP contribution in [0.1, 0.15) is 23.7 Å². The molecule has 4 rings (SSSR count). The van der Waals surface area contributed by atoms with Crippen LogP contribution in [0.25, 0.3) is 0 Å². The SMILES string of the molecule is OC1COC(c2ccccc2)OC1[C@@H]1OC(c2ccccc2)OC[C@H]1O. The van der Waals surface area contributed by atoms with Crippen LogP contribution in [0, 0.1) is 0 Å². The van der Waals surface area contributed by atoms with E-state index in [1.54, 1.807) is 0 Å². The highest BCUT2D eigenvalue weighted by Crippen LogP contribution is 2.34. The van der Waals surface area contributed by atoms with Gasteiger partial charge in [0.05, 0.1) is 13.2 Å². The molecule has 2 aliphatic heterocycles. The van der Waals surface area contributed by atoms with Gasteiger partial charge >= 0.3 is 0 Å². The zero-order valence-corrected chi connectivity index (χ0v) is 14.2. The molecule has 0 radical (unpaired) electrons. The van der Waals surface area contributed by atoms with E-state index in [1.807, 2.05) is 60.7 Å². The molecule has 0 aromatic heterocycles. The van der Waals surface area contributed by atoms with E-state index in [2.05, 4.69) is 0 Å². The molecule has 2 aliphatic rings. The van der Waals surface area contributed by atoms with Gasteiger partial charge in [-0.25, -0.2) is 0 Å². The van der Waals surface area contributed by atoms with E-state index in [1.165, 1.54) is 0 Å². The molecule has 2 N–H and O–H groups in total. The molecule has 0 amide bonds. The van der Waals surface area contributed by atoms with Crippen molar-refractivity contribution in [2.45, 2.75) is 37.0 Å². The molecule has 0 aliphatic carbocycles. The van der Waals surface area contributed by atoms with Crippen LogP contribution in [0.5, 0.6) is 0 Å². The van der Waals surface area contributed by atoms with Gasteiger partial charge in [0.25, 0.3) is 0 Å². The lowest BCUT2D eigenvalue weighted by Gasteiger charge is -2.43. The third-order valence-corrected chi connectivity index (χ3v) is 4.62. The summed E-state index contributed by atoms with van der Waals surface area (Å²) >= 11 is 0. The molecule has 0 spiro atoms. The molecule has 6 atom stereocenters. The molecule has 4 unspecified atom stereocenters. The van der Waals surface area contributed by atoms with Crippen molar-refractivity contribution in [3.05, 3.63) is 71.8 Å². The van der Waals surface area contributed by atoms with Gasteiger partial charge in [-0.1, -0.05) is 60.7 Å². The van der Waals surface area contributed by atoms with E-state index in [0.29, 0.717) is 0 Å². The monoisotopic (exact) mass is 358 g/mol. The summed E-state index contributed by atoms with van der Waals surface area (Å²) in [5.74, 6) is 0. The van der Waals surface area contributed by atoms with Crippen molar-refractivity contribution in [1.82, 2.24) is 0 Å². The van der Waals surface area contributed by atoms with E-state index in [9.17, 15) is 10.2 Å². The Balaban J connectivity index is 1.51. The molecule has 2 aromatic carbocycles. The lowest BCUT2D eigenvalue weighted by Crippen LogP contribution is -2.55. The average molecular weight is 358 g/mol. The van der Waals surface area contributed by atoms with Gasteiger partial charge in [0.2, 0.25) is 0 Å². The Bertz CT molecular complexity index is 632. The van der Waals surface area contributed by atoms with Crippen LogP contribution in [0.3, 0.4) is 0 Å². The number of benzene rings is 2. The number of hydrogen-bond acceptors (Lipinski definition) is 6. The van der Waals surface area contributed by atoms with Gasteiger partial charge in [0.15, 0.2) is 12.6 Å². The Morgan fingerprint density at radius 2 is 1.00 bits per heavy atom. The first-order valence-electron chi connectivity index (χ1n) is 8.72. The molecule has 6 heteroatoms. The van der Waals surface area contributed by atoms with Gasteiger partial charge in [0.1, 0.15) is 24.4 Å². The molecule has 0 saturated carbocycles.